The van der Waals surface area contributed by atoms with Gasteiger partial charge in [0.05, 0.1) is 16.3 Å². The third-order valence-corrected chi connectivity index (χ3v) is 4.34. The molecule has 0 aromatic heterocycles. The number of anilines is 1. The summed E-state index contributed by atoms with van der Waals surface area (Å²) < 4.78 is 38.2. The molecule has 0 saturated heterocycles. The summed E-state index contributed by atoms with van der Waals surface area (Å²) in [4.78, 5) is 0. The number of hydrogen-bond acceptors (Lipinski definition) is 1. The molecule has 1 fully saturated rings. The summed E-state index contributed by atoms with van der Waals surface area (Å²) in [6, 6.07) is 3.66. The second kappa shape index (κ2) is 6.25. The molecule has 1 nitrogen and oxygen atoms in total. The summed E-state index contributed by atoms with van der Waals surface area (Å²) in [6.45, 7) is 2.16. The van der Waals surface area contributed by atoms with Crippen LogP contribution in [-0.4, -0.2) is 6.04 Å². The van der Waals surface area contributed by atoms with Crippen LogP contribution in [0.4, 0.5) is 18.9 Å². The zero-order valence-electron chi connectivity index (χ0n) is 11.4. The normalized spacial score (nSPS) is 23.6. The van der Waals surface area contributed by atoms with E-state index in [0.29, 0.717) is 16.6 Å². The van der Waals surface area contributed by atoms with Crippen LogP contribution >= 0.6 is 11.6 Å². The Hall–Kier alpha value is -0.900. The number of rotatable bonds is 3. The Kier molecular flexibility index (Phi) is 4.84. The van der Waals surface area contributed by atoms with Crippen molar-refractivity contribution in [3.8, 4) is 0 Å². The van der Waals surface area contributed by atoms with Crippen LogP contribution in [0.5, 0.6) is 0 Å². The van der Waals surface area contributed by atoms with Crippen molar-refractivity contribution < 1.29 is 13.2 Å². The van der Waals surface area contributed by atoms with Crippen LogP contribution in [0, 0.1) is 5.92 Å². The topological polar surface area (TPSA) is 12.0 Å². The molecule has 0 spiro atoms. The van der Waals surface area contributed by atoms with Gasteiger partial charge < -0.3 is 5.32 Å². The molecule has 1 aliphatic carbocycles. The molecule has 1 aromatic rings. The number of alkyl halides is 3. The zero-order valence-corrected chi connectivity index (χ0v) is 12.2. The van der Waals surface area contributed by atoms with Crippen molar-refractivity contribution >= 4 is 17.3 Å². The highest BCUT2D eigenvalue weighted by molar-refractivity contribution is 6.33. The molecule has 2 atom stereocenters. The molecule has 1 aliphatic rings. The average molecular weight is 306 g/mol. The monoisotopic (exact) mass is 305 g/mol. The first kappa shape index (κ1) is 15.5. The lowest BCUT2D eigenvalue weighted by Crippen LogP contribution is -2.27. The second-order valence-electron chi connectivity index (χ2n) is 5.47. The van der Waals surface area contributed by atoms with Crippen LogP contribution in [0.1, 0.15) is 44.6 Å². The summed E-state index contributed by atoms with van der Waals surface area (Å²) in [7, 11) is 0. The maximum atomic E-state index is 12.7. The molecule has 0 heterocycles. The van der Waals surface area contributed by atoms with Gasteiger partial charge in [-0.3, -0.25) is 0 Å². The highest BCUT2D eigenvalue weighted by atomic mass is 35.5. The van der Waals surface area contributed by atoms with E-state index in [-0.39, 0.29) is 6.04 Å². The van der Waals surface area contributed by atoms with Gasteiger partial charge in [0.25, 0.3) is 0 Å². The molecule has 20 heavy (non-hydrogen) atoms. The number of hydrogen-bond donors (Lipinski definition) is 1. The third-order valence-electron chi connectivity index (χ3n) is 4.01. The van der Waals surface area contributed by atoms with E-state index in [9.17, 15) is 13.2 Å². The molecule has 112 valence electrons. The Balaban J connectivity index is 2.12. The second-order valence-corrected chi connectivity index (χ2v) is 5.88. The lowest BCUT2D eigenvalue weighted by Gasteiger charge is -2.30. The van der Waals surface area contributed by atoms with Crippen molar-refractivity contribution in [2.24, 2.45) is 5.92 Å². The number of halogens is 4. The Labute approximate surface area is 122 Å². The summed E-state index contributed by atoms with van der Waals surface area (Å²) >= 11 is 6.01. The Morgan fingerprint density at radius 3 is 2.70 bits per heavy atom. The van der Waals surface area contributed by atoms with E-state index >= 15 is 0 Å². The molecule has 2 rings (SSSR count). The predicted octanol–water partition coefficient (Wildman–Crippen LogP) is 5.74. The van der Waals surface area contributed by atoms with Crippen molar-refractivity contribution in [2.75, 3.05) is 5.32 Å². The molecule has 0 amide bonds. The summed E-state index contributed by atoms with van der Waals surface area (Å²) in [5.74, 6) is 0.658. The van der Waals surface area contributed by atoms with Gasteiger partial charge in [-0.2, -0.15) is 13.2 Å². The Bertz CT molecular complexity index is 459. The highest BCUT2D eigenvalue weighted by Gasteiger charge is 2.31. The molecule has 0 bridgehead atoms. The minimum atomic E-state index is -4.33. The van der Waals surface area contributed by atoms with E-state index < -0.39 is 11.7 Å². The third kappa shape index (κ3) is 3.81. The van der Waals surface area contributed by atoms with Crippen LogP contribution in [0.15, 0.2) is 18.2 Å². The van der Waals surface area contributed by atoms with Crippen molar-refractivity contribution in [2.45, 2.75) is 51.2 Å². The van der Waals surface area contributed by atoms with Gasteiger partial charge in [-0.05, 0) is 37.0 Å². The van der Waals surface area contributed by atoms with Gasteiger partial charge in [-0.15, -0.1) is 0 Å². The summed E-state index contributed by atoms with van der Waals surface area (Å²) in [6.07, 6.45) is 1.11. The van der Waals surface area contributed by atoms with E-state index in [4.69, 9.17) is 11.6 Å². The molecule has 2 unspecified atom stereocenters. The van der Waals surface area contributed by atoms with Crippen molar-refractivity contribution in [3.63, 3.8) is 0 Å². The van der Waals surface area contributed by atoms with Gasteiger partial charge >= 0.3 is 6.18 Å². The molecule has 0 aliphatic heterocycles. The zero-order chi connectivity index (χ0) is 14.8. The van der Waals surface area contributed by atoms with Gasteiger partial charge in [0.1, 0.15) is 0 Å². The fraction of sp³-hybridized carbons (Fsp3) is 0.600. The minimum Gasteiger partial charge on any atom is -0.381 e. The fourth-order valence-electron chi connectivity index (χ4n) is 2.83. The maximum absolute atomic E-state index is 12.7. The lowest BCUT2D eigenvalue weighted by atomic mass is 9.84. The Morgan fingerprint density at radius 1 is 1.30 bits per heavy atom. The van der Waals surface area contributed by atoms with Crippen LogP contribution in [0.3, 0.4) is 0 Å². The van der Waals surface area contributed by atoms with Gasteiger partial charge in [0, 0.05) is 6.04 Å². The molecule has 0 radical (unpaired) electrons. The highest BCUT2D eigenvalue weighted by Crippen LogP contribution is 2.35. The van der Waals surface area contributed by atoms with E-state index in [2.05, 4.69) is 12.2 Å². The molecule has 1 aromatic carbocycles. The smallest absolute Gasteiger partial charge is 0.381 e. The fourth-order valence-corrected chi connectivity index (χ4v) is 3.00. The Morgan fingerprint density at radius 2 is 2.05 bits per heavy atom. The van der Waals surface area contributed by atoms with Crippen LogP contribution in [0.25, 0.3) is 0 Å². The van der Waals surface area contributed by atoms with Gasteiger partial charge in [-0.1, -0.05) is 37.8 Å². The number of benzene rings is 1. The largest absolute Gasteiger partial charge is 0.416 e. The van der Waals surface area contributed by atoms with Crippen molar-refractivity contribution in [3.05, 3.63) is 28.8 Å². The van der Waals surface area contributed by atoms with Crippen LogP contribution in [-0.2, 0) is 6.18 Å². The van der Waals surface area contributed by atoms with Crippen molar-refractivity contribution in [1.29, 1.82) is 0 Å². The predicted molar refractivity (Wildman–Crippen MR) is 76.1 cm³/mol. The average Bonchev–Trinajstić information content (AvgIpc) is 2.40. The number of nitrogens with one attached hydrogen (secondary N) is 1. The SMILES string of the molecule is CCC1CCCC(Nc2cc(C(F)(F)F)ccc2Cl)C1. The van der Waals surface area contributed by atoms with E-state index in [1.54, 1.807) is 0 Å². The van der Waals surface area contributed by atoms with E-state index in [1.807, 2.05) is 0 Å². The summed E-state index contributed by atoms with van der Waals surface area (Å²) in [5, 5.41) is 3.54. The first-order valence-electron chi connectivity index (χ1n) is 7.03. The molecule has 5 heteroatoms. The maximum Gasteiger partial charge on any atom is 0.416 e. The van der Waals surface area contributed by atoms with Gasteiger partial charge in [0.15, 0.2) is 0 Å². The van der Waals surface area contributed by atoms with E-state index in [1.165, 1.54) is 12.5 Å². The van der Waals surface area contributed by atoms with Gasteiger partial charge in [-0.25, -0.2) is 0 Å². The van der Waals surface area contributed by atoms with Crippen LogP contribution < -0.4 is 5.32 Å². The lowest BCUT2D eigenvalue weighted by molar-refractivity contribution is -0.137. The van der Waals surface area contributed by atoms with E-state index in [0.717, 1.165) is 37.8 Å². The molecule has 1 N–H and O–H groups in total. The standard InChI is InChI=1S/C15H19ClF3N/c1-2-10-4-3-5-12(8-10)20-14-9-11(15(17,18)19)6-7-13(14)16/h6-7,9-10,12,20H,2-5,8H2,1H3. The molecule has 1 saturated carbocycles. The molecular weight excluding hydrogens is 287 g/mol. The molecular formula is C15H19ClF3N. The first-order chi connectivity index (χ1) is 9.40. The van der Waals surface area contributed by atoms with Crippen molar-refractivity contribution in [1.82, 2.24) is 0 Å². The van der Waals surface area contributed by atoms with Gasteiger partial charge in [0.2, 0.25) is 0 Å². The van der Waals surface area contributed by atoms with Crippen LogP contribution in [0.2, 0.25) is 5.02 Å². The summed E-state index contributed by atoms with van der Waals surface area (Å²) in [5.41, 5.74) is -0.268. The first-order valence-corrected chi connectivity index (χ1v) is 7.41. The minimum absolute atomic E-state index is 0.217. The quantitative estimate of drug-likeness (QED) is 0.751.